The molecule has 19 heavy (non-hydrogen) atoms. The van der Waals surface area contributed by atoms with Gasteiger partial charge in [-0.15, -0.1) is 0 Å². The summed E-state index contributed by atoms with van der Waals surface area (Å²) in [5, 5.41) is 5.83. The van der Waals surface area contributed by atoms with Crippen molar-refractivity contribution in [3.63, 3.8) is 0 Å². The fourth-order valence-electron chi connectivity index (χ4n) is 1.54. The minimum absolute atomic E-state index is 0.0651. The van der Waals surface area contributed by atoms with Gasteiger partial charge < -0.3 is 20.1 Å². The topological polar surface area (TPSA) is 59.6 Å². The number of ether oxygens (including phenoxy) is 2. The summed E-state index contributed by atoms with van der Waals surface area (Å²) < 4.78 is 10.2. The van der Waals surface area contributed by atoms with E-state index >= 15 is 0 Å². The predicted molar refractivity (Wildman–Crippen MR) is 75.1 cm³/mol. The van der Waals surface area contributed by atoms with Crippen LogP contribution in [-0.4, -0.2) is 39.3 Å². The molecular formula is C14H22N2O3. The Morgan fingerprint density at radius 3 is 2.95 bits per heavy atom. The second-order valence-corrected chi connectivity index (χ2v) is 4.06. The number of benzene rings is 1. The summed E-state index contributed by atoms with van der Waals surface area (Å²) in [5.74, 6) is -0.0651. The Morgan fingerprint density at radius 2 is 2.21 bits per heavy atom. The van der Waals surface area contributed by atoms with Crippen LogP contribution in [0.1, 0.15) is 12.5 Å². The summed E-state index contributed by atoms with van der Waals surface area (Å²) in [6.45, 7) is 4.73. The van der Waals surface area contributed by atoms with Gasteiger partial charge in [-0.1, -0.05) is 12.1 Å². The van der Waals surface area contributed by atoms with E-state index in [1.54, 1.807) is 7.11 Å². The minimum Gasteiger partial charge on any atom is -0.383 e. The molecule has 0 saturated heterocycles. The Labute approximate surface area is 114 Å². The van der Waals surface area contributed by atoms with Crippen molar-refractivity contribution in [3.8, 4) is 0 Å². The molecule has 1 amide bonds. The summed E-state index contributed by atoms with van der Waals surface area (Å²) in [6.07, 6.45) is 0. The van der Waals surface area contributed by atoms with Crippen LogP contribution in [0.15, 0.2) is 24.3 Å². The molecule has 0 aromatic heterocycles. The molecule has 5 nitrogen and oxygen atoms in total. The predicted octanol–water partition coefficient (Wildman–Crippen LogP) is 1.40. The van der Waals surface area contributed by atoms with E-state index < -0.39 is 0 Å². The smallest absolute Gasteiger partial charge is 0.238 e. The molecule has 0 unspecified atom stereocenters. The average Bonchev–Trinajstić information content (AvgIpc) is 2.42. The van der Waals surface area contributed by atoms with Crippen molar-refractivity contribution in [3.05, 3.63) is 29.8 Å². The van der Waals surface area contributed by atoms with Crippen LogP contribution >= 0.6 is 0 Å². The minimum atomic E-state index is -0.0651. The number of amides is 1. The highest BCUT2D eigenvalue weighted by atomic mass is 16.5. The van der Waals surface area contributed by atoms with Crippen LogP contribution in [0.4, 0.5) is 5.69 Å². The van der Waals surface area contributed by atoms with E-state index in [2.05, 4.69) is 10.6 Å². The molecule has 5 heteroatoms. The van der Waals surface area contributed by atoms with Crippen LogP contribution in [0.2, 0.25) is 0 Å². The van der Waals surface area contributed by atoms with Crippen molar-refractivity contribution in [1.82, 2.24) is 5.32 Å². The van der Waals surface area contributed by atoms with Crippen LogP contribution in [0.25, 0.3) is 0 Å². The van der Waals surface area contributed by atoms with Gasteiger partial charge in [-0.3, -0.25) is 4.79 Å². The molecule has 0 radical (unpaired) electrons. The quantitative estimate of drug-likeness (QED) is 0.663. The zero-order valence-corrected chi connectivity index (χ0v) is 11.6. The van der Waals surface area contributed by atoms with Gasteiger partial charge in [0.25, 0.3) is 0 Å². The van der Waals surface area contributed by atoms with E-state index in [0.717, 1.165) is 11.3 Å². The molecule has 0 spiro atoms. The molecule has 0 aliphatic carbocycles. The van der Waals surface area contributed by atoms with Crippen LogP contribution in [-0.2, 0) is 20.9 Å². The van der Waals surface area contributed by atoms with Crippen molar-refractivity contribution in [2.45, 2.75) is 13.5 Å². The van der Waals surface area contributed by atoms with E-state index in [1.807, 2.05) is 31.2 Å². The van der Waals surface area contributed by atoms with E-state index in [1.165, 1.54) is 0 Å². The second-order valence-electron chi connectivity index (χ2n) is 4.06. The molecule has 0 bridgehead atoms. The van der Waals surface area contributed by atoms with E-state index in [9.17, 15) is 4.79 Å². The summed E-state index contributed by atoms with van der Waals surface area (Å²) in [4.78, 5) is 11.7. The van der Waals surface area contributed by atoms with Gasteiger partial charge in [0, 0.05) is 25.9 Å². The molecule has 1 rings (SSSR count). The fourth-order valence-corrected chi connectivity index (χ4v) is 1.54. The van der Waals surface area contributed by atoms with Crippen LogP contribution in [0.5, 0.6) is 0 Å². The summed E-state index contributed by atoms with van der Waals surface area (Å²) in [7, 11) is 1.63. The highest BCUT2D eigenvalue weighted by Crippen LogP contribution is 2.11. The van der Waals surface area contributed by atoms with Gasteiger partial charge in [0.15, 0.2) is 0 Å². The highest BCUT2D eigenvalue weighted by Gasteiger charge is 2.02. The van der Waals surface area contributed by atoms with E-state index in [-0.39, 0.29) is 12.5 Å². The molecule has 0 atom stereocenters. The molecule has 2 N–H and O–H groups in total. The first-order valence-corrected chi connectivity index (χ1v) is 6.42. The van der Waals surface area contributed by atoms with Crippen molar-refractivity contribution in [2.24, 2.45) is 0 Å². The van der Waals surface area contributed by atoms with Gasteiger partial charge in [-0.25, -0.2) is 0 Å². The zero-order chi connectivity index (χ0) is 13.9. The number of carbonyl (C=O) groups is 1. The zero-order valence-electron chi connectivity index (χ0n) is 11.6. The lowest BCUT2D eigenvalue weighted by Gasteiger charge is -2.08. The molecular weight excluding hydrogens is 244 g/mol. The first-order valence-electron chi connectivity index (χ1n) is 6.42. The number of hydrogen-bond donors (Lipinski definition) is 2. The van der Waals surface area contributed by atoms with Crippen molar-refractivity contribution in [1.29, 1.82) is 0 Å². The first-order chi connectivity index (χ1) is 9.26. The standard InChI is InChI=1S/C14H22N2O3/c1-3-19-11-12-5-4-6-13(9-12)16-14(17)10-15-7-8-18-2/h4-6,9,15H,3,7-8,10-11H2,1-2H3,(H,16,17). The molecule has 0 fully saturated rings. The largest absolute Gasteiger partial charge is 0.383 e. The van der Waals surface area contributed by atoms with E-state index in [4.69, 9.17) is 9.47 Å². The molecule has 1 aromatic rings. The van der Waals surface area contributed by atoms with Gasteiger partial charge in [0.05, 0.1) is 19.8 Å². The summed E-state index contributed by atoms with van der Waals surface area (Å²) in [6, 6.07) is 7.66. The maximum atomic E-state index is 11.7. The number of hydrogen-bond acceptors (Lipinski definition) is 4. The van der Waals surface area contributed by atoms with Crippen LogP contribution in [0.3, 0.4) is 0 Å². The fraction of sp³-hybridized carbons (Fsp3) is 0.500. The lowest BCUT2D eigenvalue weighted by molar-refractivity contribution is -0.115. The van der Waals surface area contributed by atoms with Crippen LogP contribution in [0, 0.1) is 0 Å². The highest BCUT2D eigenvalue weighted by molar-refractivity contribution is 5.92. The Morgan fingerprint density at radius 1 is 1.37 bits per heavy atom. The van der Waals surface area contributed by atoms with E-state index in [0.29, 0.717) is 26.4 Å². The molecule has 0 heterocycles. The lowest BCUT2D eigenvalue weighted by Crippen LogP contribution is -2.30. The van der Waals surface area contributed by atoms with Crippen molar-refractivity contribution in [2.75, 3.05) is 38.7 Å². The van der Waals surface area contributed by atoms with Crippen molar-refractivity contribution < 1.29 is 14.3 Å². The Kier molecular flexibility index (Phi) is 7.81. The van der Waals surface area contributed by atoms with Gasteiger partial charge in [-0.05, 0) is 24.6 Å². The molecule has 0 aliphatic rings. The normalized spacial score (nSPS) is 10.4. The van der Waals surface area contributed by atoms with Crippen molar-refractivity contribution >= 4 is 11.6 Å². The monoisotopic (exact) mass is 266 g/mol. The van der Waals surface area contributed by atoms with Gasteiger partial charge >= 0.3 is 0 Å². The third-order valence-corrected chi connectivity index (χ3v) is 2.45. The third kappa shape index (κ3) is 6.91. The Balaban J connectivity index is 2.36. The van der Waals surface area contributed by atoms with Gasteiger partial charge in [-0.2, -0.15) is 0 Å². The number of anilines is 1. The number of carbonyl (C=O) groups excluding carboxylic acids is 1. The molecule has 106 valence electrons. The third-order valence-electron chi connectivity index (χ3n) is 2.45. The molecule has 0 saturated carbocycles. The Bertz CT molecular complexity index is 383. The summed E-state index contributed by atoms with van der Waals surface area (Å²) in [5.41, 5.74) is 1.84. The van der Waals surface area contributed by atoms with Crippen LogP contribution < -0.4 is 10.6 Å². The number of rotatable bonds is 9. The van der Waals surface area contributed by atoms with Gasteiger partial charge in [0.1, 0.15) is 0 Å². The first kappa shape index (κ1) is 15.6. The second kappa shape index (κ2) is 9.49. The lowest BCUT2D eigenvalue weighted by atomic mass is 10.2. The SMILES string of the molecule is CCOCc1cccc(NC(=O)CNCCOC)c1. The molecule has 1 aromatic carbocycles. The number of nitrogens with one attached hydrogen (secondary N) is 2. The molecule has 0 aliphatic heterocycles. The Hall–Kier alpha value is -1.43. The maximum absolute atomic E-state index is 11.7. The maximum Gasteiger partial charge on any atom is 0.238 e. The number of methoxy groups -OCH3 is 1. The average molecular weight is 266 g/mol. The summed E-state index contributed by atoms with van der Waals surface area (Å²) >= 11 is 0. The van der Waals surface area contributed by atoms with Gasteiger partial charge in [0.2, 0.25) is 5.91 Å².